The summed E-state index contributed by atoms with van der Waals surface area (Å²) >= 11 is 3.31. The molecule has 1 aromatic carbocycles. The van der Waals surface area contributed by atoms with Crippen molar-refractivity contribution in [3.05, 3.63) is 34.1 Å². The molecule has 1 atom stereocenters. The highest BCUT2D eigenvalue weighted by molar-refractivity contribution is 9.10. The molecule has 0 radical (unpaired) electrons. The molecule has 1 unspecified atom stereocenters. The smallest absolute Gasteiger partial charge is 0.165 e. The van der Waals surface area contributed by atoms with Crippen LogP contribution in [0.4, 0.5) is 4.39 Å². The summed E-state index contributed by atoms with van der Waals surface area (Å²) in [5.74, 6) is -0.346. The average Bonchev–Trinajstić information content (AvgIpc) is 2.30. The van der Waals surface area contributed by atoms with Crippen molar-refractivity contribution in [2.24, 2.45) is 0 Å². The van der Waals surface area contributed by atoms with E-state index in [1.807, 2.05) is 6.92 Å². The predicted molar refractivity (Wildman–Crippen MR) is 68.5 cm³/mol. The van der Waals surface area contributed by atoms with Crippen LogP contribution in [0.2, 0.25) is 0 Å². The number of ketones is 1. The summed E-state index contributed by atoms with van der Waals surface area (Å²) in [6.45, 7) is 2.00. The van der Waals surface area contributed by atoms with Crippen LogP contribution in [0.1, 0.15) is 25.3 Å². The first-order chi connectivity index (χ1) is 8.08. The second-order valence-electron chi connectivity index (χ2n) is 3.89. The van der Waals surface area contributed by atoms with Crippen LogP contribution in [0.3, 0.4) is 0 Å². The Hall–Kier alpha value is -0.740. The molecular weight excluding hydrogens is 287 g/mol. The van der Waals surface area contributed by atoms with Crippen molar-refractivity contribution >= 4 is 21.7 Å². The minimum absolute atomic E-state index is 0.0133. The summed E-state index contributed by atoms with van der Waals surface area (Å²) in [5.41, 5.74) is 0.660. The van der Waals surface area contributed by atoms with Gasteiger partial charge in [0.1, 0.15) is 11.9 Å². The number of methoxy groups -OCH3 is 1. The fourth-order valence-electron chi connectivity index (χ4n) is 1.65. The van der Waals surface area contributed by atoms with Gasteiger partial charge < -0.3 is 4.74 Å². The molecule has 0 aromatic heterocycles. The largest absolute Gasteiger partial charge is 0.374 e. The van der Waals surface area contributed by atoms with Crippen molar-refractivity contribution in [3.8, 4) is 0 Å². The highest BCUT2D eigenvalue weighted by Gasteiger charge is 2.18. The molecule has 0 aliphatic carbocycles. The number of rotatable bonds is 6. The molecule has 94 valence electrons. The molecule has 0 saturated heterocycles. The SMILES string of the molecule is CCCC(OC)C(=O)Cc1cc(F)ccc1Br. The Morgan fingerprint density at radius 3 is 2.82 bits per heavy atom. The standard InChI is InChI=1S/C13H16BrFO2/c1-3-4-13(17-2)12(16)8-9-7-10(15)5-6-11(9)14/h5-7,13H,3-4,8H2,1-2H3. The molecular formula is C13H16BrFO2. The van der Waals surface area contributed by atoms with Crippen LogP contribution in [0.5, 0.6) is 0 Å². The number of Topliss-reactive ketones (excluding diaryl/α,β-unsaturated/α-hetero) is 1. The Labute approximate surface area is 109 Å². The van der Waals surface area contributed by atoms with Gasteiger partial charge in [-0.2, -0.15) is 0 Å². The molecule has 0 saturated carbocycles. The number of benzene rings is 1. The third-order valence-corrected chi connectivity index (χ3v) is 3.34. The Morgan fingerprint density at radius 2 is 2.24 bits per heavy atom. The second kappa shape index (κ2) is 6.87. The molecule has 0 aliphatic heterocycles. The molecule has 2 nitrogen and oxygen atoms in total. The van der Waals surface area contributed by atoms with Crippen molar-refractivity contribution in [2.75, 3.05) is 7.11 Å². The number of carbonyl (C=O) groups is 1. The molecule has 0 fully saturated rings. The normalized spacial score (nSPS) is 12.5. The fourth-order valence-corrected chi connectivity index (χ4v) is 2.04. The van der Waals surface area contributed by atoms with Crippen molar-refractivity contribution in [1.29, 1.82) is 0 Å². The summed E-state index contributed by atoms with van der Waals surface area (Å²) < 4.78 is 19.0. The zero-order chi connectivity index (χ0) is 12.8. The highest BCUT2D eigenvalue weighted by atomic mass is 79.9. The molecule has 0 bridgehead atoms. The fraction of sp³-hybridized carbons (Fsp3) is 0.462. The number of hydrogen-bond acceptors (Lipinski definition) is 2. The molecule has 4 heteroatoms. The van der Waals surface area contributed by atoms with E-state index in [0.717, 1.165) is 10.9 Å². The second-order valence-corrected chi connectivity index (χ2v) is 4.75. The number of carbonyl (C=O) groups excluding carboxylic acids is 1. The van der Waals surface area contributed by atoms with E-state index in [-0.39, 0.29) is 18.0 Å². The lowest BCUT2D eigenvalue weighted by molar-refractivity contribution is -0.128. The average molecular weight is 303 g/mol. The van der Waals surface area contributed by atoms with Gasteiger partial charge in [0.25, 0.3) is 0 Å². The van der Waals surface area contributed by atoms with E-state index in [4.69, 9.17) is 4.74 Å². The minimum Gasteiger partial charge on any atom is -0.374 e. The molecule has 0 aliphatic rings. The lowest BCUT2D eigenvalue weighted by atomic mass is 10.0. The Kier molecular flexibility index (Phi) is 5.78. The molecule has 1 aromatic rings. The van der Waals surface area contributed by atoms with Crippen LogP contribution in [-0.4, -0.2) is 19.0 Å². The van der Waals surface area contributed by atoms with Gasteiger partial charge in [0.05, 0.1) is 0 Å². The van der Waals surface area contributed by atoms with Gasteiger partial charge in [-0.25, -0.2) is 4.39 Å². The van der Waals surface area contributed by atoms with Gasteiger partial charge in [-0.15, -0.1) is 0 Å². The Bertz CT molecular complexity index is 393. The summed E-state index contributed by atoms with van der Waals surface area (Å²) in [5, 5.41) is 0. The summed E-state index contributed by atoms with van der Waals surface area (Å²) in [7, 11) is 1.53. The quantitative estimate of drug-likeness (QED) is 0.804. The first-order valence-electron chi connectivity index (χ1n) is 5.58. The van der Waals surface area contributed by atoms with Crippen LogP contribution in [0, 0.1) is 5.82 Å². The van der Waals surface area contributed by atoms with Crippen LogP contribution >= 0.6 is 15.9 Å². The number of ether oxygens (including phenoxy) is 1. The van der Waals surface area contributed by atoms with E-state index in [1.54, 1.807) is 6.07 Å². The molecule has 0 heterocycles. The maximum atomic E-state index is 13.1. The van der Waals surface area contributed by atoms with Crippen LogP contribution in [0.25, 0.3) is 0 Å². The van der Waals surface area contributed by atoms with Gasteiger partial charge in [-0.3, -0.25) is 4.79 Å². The molecule has 1 rings (SSSR count). The van der Waals surface area contributed by atoms with Crippen LogP contribution in [-0.2, 0) is 16.0 Å². The van der Waals surface area contributed by atoms with E-state index in [1.165, 1.54) is 19.2 Å². The first kappa shape index (κ1) is 14.3. The van der Waals surface area contributed by atoms with Crippen molar-refractivity contribution in [2.45, 2.75) is 32.3 Å². The van der Waals surface area contributed by atoms with Crippen LogP contribution in [0.15, 0.2) is 22.7 Å². The highest BCUT2D eigenvalue weighted by Crippen LogP contribution is 2.19. The van der Waals surface area contributed by atoms with Crippen molar-refractivity contribution < 1.29 is 13.9 Å². The first-order valence-corrected chi connectivity index (χ1v) is 6.37. The maximum absolute atomic E-state index is 13.1. The lowest BCUT2D eigenvalue weighted by Gasteiger charge is -2.13. The third-order valence-electron chi connectivity index (χ3n) is 2.57. The summed E-state index contributed by atoms with van der Waals surface area (Å²) in [6, 6.07) is 4.35. The van der Waals surface area contributed by atoms with E-state index in [9.17, 15) is 9.18 Å². The van der Waals surface area contributed by atoms with Gasteiger partial charge in [0, 0.05) is 18.0 Å². The molecule has 0 N–H and O–H groups in total. The maximum Gasteiger partial charge on any atom is 0.165 e. The van der Waals surface area contributed by atoms with Crippen molar-refractivity contribution in [1.82, 2.24) is 0 Å². The predicted octanol–water partition coefficient (Wildman–Crippen LogP) is 3.51. The van der Waals surface area contributed by atoms with Gasteiger partial charge in [0.2, 0.25) is 0 Å². The van der Waals surface area contributed by atoms with Gasteiger partial charge >= 0.3 is 0 Å². The van der Waals surface area contributed by atoms with Gasteiger partial charge in [-0.05, 0) is 30.2 Å². The number of hydrogen-bond donors (Lipinski definition) is 0. The zero-order valence-corrected chi connectivity index (χ0v) is 11.6. The summed E-state index contributed by atoms with van der Waals surface area (Å²) in [4.78, 5) is 11.9. The number of halogens is 2. The van der Waals surface area contributed by atoms with E-state index in [2.05, 4.69) is 15.9 Å². The van der Waals surface area contributed by atoms with Crippen molar-refractivity contribution in [3.63, 3.8) is 0 Å². The molecule has 0 spiro atoms. The van der Waals surface area contributed by atoms with E-state index < -0.39 is 6.10 Å². The van der Waals surface area contributed by atoms with E-state index in [0.29, 0.717) is 12.0 Å². The van der Waals surface area contributed by atoms with Gasteiger partial charge in [-0.1, -0.05) is 29.3 Å². The molecule has 0 amide bonds. The van der Waals surface area contributed by atoms with Gasteiger partial charge in [0.15, 0.2) is 5.78 Å². The topological polar surface area (TPSA) is 26.3 Å². The third kappa shape index (κ3) is 4.21. The minimum atomic E-state index is -0.393. The Balaban J connectivity index is 2.76. The monoisotopic (exact) mass is 302 g/mol. The summed E-state index contributed by atoms with van der Waals surface area (Å²) in [6.07, 6.45) is 1.38. The van der Waals surface area contributed by atoms with Crippen LogP contribution < -0.4 is 0 Å². The van der Waals surface area contributed by atoms with E-state index >= 15 is 0 Å². The zero-order valence-electron chi connectivity index (χ0n) is 10.0. The lowest BCUT2D eigenvalue weighted by Crippen LogP contribution is -2.24. The Morgan fingerprint density at radius 1 is 1.53 bits per heavy atom. The molecule has 17 heavy (non-hydrogen) atoms.